The molecule has 0 aliphatic rings. The van der Waals surface area contributed by atoms with Crippen LogP contribution in [0.4, 0.5) is 0 Å². The Morgan fingerprint density at radius 1 is 1.80 bits per heavy atom. The van der Waals surface area contributed by atoms with Crippen molar-refractivity contribution in [1.29, 1.82) is 0 Å². The van der Waals surface area contributed by atoms with Gasteiger partial charge in [0.05, 0.1) is 0 Å². The summed E-state index contributed by atoms with van der Waals surface area (Å²) in [4.78, 5) is 0. The molecule has 0 rings (SSSR count). The number of nitrogens with two attached hydrogens (primary N) is 1. The summed E-state index contributed by atoms with van der Waals surface area (Å²) in [5.74, 6) is 0. The molecule has 0 bridgehead atoms. The van der Waals surface area contributed by atoms with Crippen molar-refractivity contribution in [2.75, 3.05) is 0 Å². The Balaban J connectivity index is 0. The van der Waals surface area contributed by atoms with Gasteiger partial charge >= 0.3 is 19.5 Å². The van der Waals surface area contributed by atoms with Gasteiger partial charge in [-0.25, -0.2) is 5.50 Å². The van der Waals surface area contributed by atoms with Crippen LogP contribution in [-0.4, -0.2) is 5.50 Å². The third kappa shape index (κ3) is 51.3. The van der Waals surface area contributed by atoms with Crippen LogP contribution in [0.15, 0.2) is 0 Å². The maximum absolute atomic E-state index is 6.18. The Morgan fingerprint density at radius 3 is 1.80 bits per heavy atom. The molecule has 0 aliphatic carbocycles. The largest absolute Gasteiger partial charge is 2.00 e. The van der Waals surface area contributed by atoms with Crippen molar-refractivity contribution in [3.8, 4) is 0 Å². The van der Waals surface area contributed by atoms with E-state index in [-0.39, 0.29) is 19.5 Å². The minimum atomic E-state index is -0.833. The predicted octanol–water partition coefficient (Wildman–Crippen LogP) is -0.175. The van der Waals surface area contributed by atoms with Crippen LogP contribution in [0.2, 0.25) is 0 Å². The maximum atomic E-state index is 6.18. The Morgan fingerprint density at radius 2 is 1.80 bits per heavy atom. The fourth-order valence-corrected chi connectivity index (χ4v) is 0. The summed E-state index contributed by atoms with van der Waals surface area (Å²) < 4.78 is 0. The molecule has 5 heavy (non-hydrogen) atoms. The van der Waals surface area contributed by atoms with Crippen LogP contribution in [-0.2, 0) is 32.1 Å². The van der Waals surface area contributed by atoms with Gasteiger partial charge in [-0.3, -0.25) is 0 Å². The molecule has 0 fully saturated rings. The van der Waals surface area contributed by atoms with Crippen LogP contribution in [0.3, 0.4) is 0 Å². The van der Waals surface area contributed by atoms with E-state index in [0.29, 0.717) is 0 Å². The van der Waals surface area contributed by atoms with E-state index in [1.165, 1.54) is 0 Å². The average molecular weight is 179 g/mol. The molecule has 1 unspecified atom stereocenters. The van der Waals surface area contributed by atoms with Gasteiger partial charge in [0.15, 0.2) is 0 Å². The smallest absolute Gasteiger partial charge is 0.797 e. The SMILES string of the molecule is [NH-]C(N)[S-].[Rh+2]. The zero-order valence-corrected chi connectivity index (χ0v) is 4.85. The van der Waals surface area contributed by atoms with Crippen LogP contribution in [0.25, 0.3) is 5.73 Å². The molecular formula is CH4N2RhS. The number of rotatable bonds is 0. The van der Waals surface area contributed by atoms with E-state index in [4.69, 9.17) is 5.73 Å². The molecule has 0 aromatic carbocycles. The summed E-state index contributed by atoms with van der Waals surface area (Å²) in [6.45, 7) is 0. The molecule has 1 radical (unpaired) electrons. The topological polar surface area (TPSA) is 49.8 Å². The Hall–Kier alpha value is 0.893. The zero-order valence-electron chi connectivity index (χ0n) is 2.40. The Kier molecular flexibility index (Phi) is 9.11. The first kappa shape index (κ1) is 9.31. The summed E-state index contributed by atoms with van der Waals surface area (Å²) in [6, 6.07) is 0. The van der Waals surface area contributed by atoms with E-state index in [2.05, 4.69) is 18.4 Å². The van der Waals surface area contributed by atoms with Crippen LogP contribution in [0, 0.1) is 0 Å². The minimum absolute atomic E-state index is 0. The average Bonchev–Trinajstić information content (AvgIpc) is 0.811. The van der Waals surface area contributed by atoms with Gasteiger partial charge in [-0.05, 0) is 0 Å². The molecule has 0 aromatic rings. The van der Waals surface area contributed by atoms with Crippen LogP contribution in [0.1, 0.15) is 0 Å². The van der Waals surface area contributed by atoms with Crippen LogP contribution < -0.4 is 5.73 Å². The van der Waals surface area contributed by atoms with E-state index in [1.807, 2.05) is 0 Å². The van der Waals surface area contributed by atoms with Crippen molar-refractivity contribution in [1.82, 2.24) is 0 Å². The van der Waals surface area contributed by atoms with E-state index >= 15 is 0 Å². The van der Waals surface area contributed by atoms with Crippen LogP contribution >= 0.6 is 0 Å². The zero-order chi connectivity index (χ0) is 3.58. The molecule has 0 aromatic heterocycles. The van der Waals surface area contributed by atoms with Gasteiger partial charge in [-0.2, -0.15) is 0 Å². The van der Waals surface area contributed by atoms with Gasteiger partial charge in [0, 0.05) is 0 Å². The number of hydrogen-bond donors (Lipinski definition) is 1. The molecule has 0 heterocycles. The van der Waals surface area contributed by atoms with Crippen molar-refractivity contribution in [3.63, 3.8) is 0 Å². The maximum Gasteiger partial charge on any atom is 2.00 e. The molecule has 0 saturated carbocycles. The summed E-state index contributed by atoms with van der Waals surface area (Å²) in [5, 5.41) is 0. The summed E-state index contributed by atoms with van der Waals surface area (Å²) in [5.41, 5.74) is 9.94. The second-order valence-corrected chi connectivity index (χ2v) is 0.928. The van der Waals surface area contributed by atoms with Gasteiger partial charge in [-0.15, -0.1) is 0 Å². The van der Waals surface area contributed by atoms with Crippen molar-refractivity contribution >= 4 is 12.6 Å². The molecule has 0 amide bonds. The fraction of sp³-hybridized carbons (Fsp3) is 1.00. The van der Waals surface area contributed by atoms with Gasteiger partial charge in [-0.1, -0.05) is 0 Å². The normalized spacial score (nSPS) is 12.6. The first-order valence-corrected chi connectivity index (χ1v) is 1.33. The van der Waals surface area contributed by atoms with Crippen molar-refractivity contribution in [3.05, 3.63) is 5.73 Å². The standard InChI is InChI=1S/CH5N2S.Rh/c2-1(3)4;/h1-2,4H,3H2;/q-1;+2/p-1. The first-order chi connectivity index (χ1) is 1.73. The minimum Gasteiger partial charge on any atom is -0.797 e. The monoisotopic (exact) mass is 179 g/mol. The molecule has 2 nitrogen and oxygen atoms in total. The molecule has 4 heteroatoms. The third-order valence-electron chi connectivity index (χ3n) is 0. The molecule has 33 valence electrons. The van der Waals surface area contributed by atoms with Gasteiger partial charge < -0.3 is 24.1 Å². The fourth-order valence-electron chi connectivity index (χ4n) is 0. The van der Waals surface area contributed by atoms with E-state index in [1.54, 1.807) is 0 Å². The molecule has 0 aliphatic heterocycles. The molecule has 0 spiro atoms. The quantitative estimate of drug-likeness (QED) is 0.414. The summed E-state index contributed by atoms with van der Waals surface area (Å²) in [7, 11) is 0. The van der Waals surface area contributed by atoms with Gasteiger partial charge in [0.1, 0.15) is 0 Å². The molecule has 1 atom stereocenters. The number of hydrogen-bond acceptors (Lipinski definition) is 2. The van der Waals surface area contributed by atoms with Crippen molar-refractivity contribution in [2.24, 2.45) is 5.73 Å². The summed E-state index contributed by atoms with van der Waals surface area (Å²) >= 11 is 4.06. The third-order valence-corrected chi connectivity index (χ3v) is 0. The van der Waals surface area contributed by atoms with Gasteiger partial charge in [0.25, 0.3) is 0 Å². The van der Waals surface area contributed by atoms with E-state index < -0.39 is 5.50 Å². The second kappa shape index (κ2) is 4.89. The van der Waals surface area contributed by atoms with E-state index in [0.717, 1.165) is 0 Å². The van der Waals surface area contributed by atoms with Crippen molar-refractivity contribution in [2.45, 2.75) is 5.50 Å². The van der Waals surface area contributed by atoms with Crippen LogP contribution in [0.5, 0.6) is 0 Å². The molecule has 3 N–H and O–H groups in total. The molecular weight excluding hydrogens is 175 g/mol. The summed E-state index contributed by atoms with van der Waals surface area (Å²) in [6.07, 6.45) is 0. The van der Waals surface area contributed by atoms with Crippen molar-refractivity contribution < 1.29 is 19.5 Å². The Labute approximate surface area is 49.5 Å². The Bertz CT molecular complexity index is 14.4. The molecule has 0 saturated heterocycles. The second-order valence-electron chi connectivity index (χ2n) is 0.421. The number of nitrogens with one attached hydrogen (secondary N) is 1. The predicted molar refractivity (Wildman–Crippen MR) is 19.7 cm³/mol. The van der Waals surface area contributed by atoms with E-state index in [9.17, 15) is 0 Å². The van der Waals surface area contributed by atoms with Gasteiger partial charge in [0.2, 0.25) is 0 Å². The first-order valence-electron chi connectivity index (χ1n) is 0.858.